The summed E-state index contributed by atoms with van der Waals surface area (Å²) in [6.07, 6.45) is 1.09. The first kappa shape index (κ1) is 24.7. The number of methoxy groups -OCH3 is 1. The van der Waals surface area contributed by atoms with E-state index in [0.717, 1.165) is 5.56 Å². The van der Waals surface area contributed by atoms with Gasteiger partial charge in [-0.05, 0) is 43.0 Å². The number of esters is 1. The molecule has 1 amide bonds. The van der Waals surface area contributed by atoms with Gasteiger partial charge in [-0.15, -0.1) is 0 Å². The van der Waals surface area contributed by atoms with Gasteiger partial charge in [0.15, 0.2) is 8.32 Å². The monoisotopic (exact) mass is 463 g/mol. The van der Waals surface area contributed by atoms with Crippen LogP contribution in [-0.2, 0) is 25.3 Å². The van der Waals surface area contributed by atoms with Crippen LogP contribution in [-0.4, -0.2) is 61.3 Å². The molecule has 1 saturated carbocycles. The van der Waals surface area contributed by atoms with Crippen molar-refractivity contribution in [2.24, 2.45) is 0 Å². The maximum Gasteiger partial charge on any atom is 0.411 e. The quantitative estimate of drug-likeness (QED) is 0.519. The molecule has 1 aromatic rings. The Bertz CT molecular complexity index is 824. The van der Waals surface area contributed by atoms with Crippen LogP contribution in [0.1, 0.15) is 52.0 Å². The molecule has 1 heterocycles. The number of amides is 1. The average molecular weight is 464 g/mol. The molecule has 1 aliphatic carbocycles. The highest BCUT2D eigenvalue weighted by Crippen LogP contribution is 2.46. The lowest BCUT2D eigenvalue weighted by molar-refractivity contribution is -0.146. The van der Waals surface area contributed by atoms with Crippen molar-refractivity contribution in [2.75, 3.05) is 7.11 Å². The van der Waals surface area contributed by atoms with Crippen LogP contribution in [0.15, 0.2) is 30.3 Å². The molecule has 3 rings (SSSR count). The van der Waals surface area contributed by atoms with Gasteiger partial charge in [0.25, 0.3) is 0 Å². The summed E-state index contributed by atoms with van der Waals surface area (Å²) in [5, 5.41) is 11.5. The van der Waals surface area contributed by atoms with Crippen molar-refractivity contribution in [3.63, 3.8) is 0 Å². The molecule has 0 radical (unpaired) electrons. The van der Waals surface area contributed by atoms with Gasteiger partial charge in [-0.3, -0.25) is 4.90 Å². The Morgan fingerprint density at radius 3 is 2.47 bits per heavy atom. The van der Waals surface area contributed by atoms with Gasteiger partial charge in [-0.25, -0.2) is 9.59 Å². The van der Waals surface area contributed by atoms with Crippen LogP contribution in [0, 0.1) is 0 Å². The number of fused-ring (bicyclic) bond motifs is 1. The standard InChI is InChI=1S/C24H37NO6Si/c1-23(2,3)32(5,6)31-18-12-13-24(28)15-19(21(26)29-4)25(20(24)14-18)22(27)30-16-17-10-8-7-9-11-17/h7-11,18-20,28H,12-16H2,1-6H3/t18-,19+,20-,24+/m1/s1. The van der Waals surface area contributed by atoms with Crippen molar-refractivity contribution >= 4 is 20.4 Å². The van der Waals surface area contributed by atoms with Crippen molar-refractivity contribution < 1.29 is 28.6 Å². The van der Waals surface area contributed by atoms with E-state index in [9.17, 15) is 14.7 Å². The molecule has 32 heavy (non-hydrogen) atoms. The topological polar surface area (TPSA) is 85.3 Å². The number of rotatable bonds is 5. The molecular weight excluding hydrogens is 426 g/mol. The minimum atomic E-state index is -2.02. The van der Waals surface area contributed by atoms with Crippen molar-refractivity contribution in [1.82, 2.24) is 4.90 Å². The minimum Gasteiger partial charge on any atom is -0.467 e. The molecule has 178 valence electrons. The summed E-state index contributed by atoms with van der Waals surface area (Å²) in [5.74, 6) is -0.536. The van der Waals surface area contributed by atoms with E-state index < -0.39 is 38.1 Å². The summed E-state index contributed by atoms with van der Waals surface area (Å²) >= 11 is 0. The largest absolute Gasteiger partial charge is 0.467 e. The summed E-state index contributed by atoms with van der Waals surface area (Å²) in [6.45, 7) is 11.1. The van der Waals surface area contributed by atoms with Crippen LogP contribution >= 0.6 is 0 Å². The van der Waals surface area contributed by atoms with Crippen LogP contribution in [0.4, 0.5) is 4.79 Å². The third kappa shape index (κ3) is 5.02. The van der Waals surface area contributed by atoms with Crippen LogP contribution in [0.25, 0.3) is 0 Å². The highest BCUT2D eigenvalue weighted by Gasteiger charge is 2.59. The van der Waals surface area contributed by atoms with E-state index >= 15 is 0 Å². The van der Waals surface area contributed by atoms with Gasteiger partial charge in [0.2, 0.25) is 0 Å². The number of nitrogens with zero attached hydrogens (tertiary/aromatic N) is 1. The van der Waals surface area contributed by atoms with E-state index in [1.165, 1.54) is 12.0 Å². The number of likely N-dealkylation sites (tertiary alicyclic amines) is 1. The van der Waals surface area contributed by atoms with Gasteiger partial charge in [-0.2, -0.15) is 0 Å². The molecule has 0 unspecified atom stereocenters. The van der Waals surface area contributed by atoms with E-state index in [2.05, 4.69) is 33.9 Å². The zero-order valence-electron chi connectivity index (χ0n) is 20.1. The second-order valence-electron chi connectivity index (χ2n) is 10.6. The van der Waals surface area contributed by atoms with E-state index in [1.54, 1.807) is 0 Å². The number of carbonyl (C=O) groups is 2. The number of ether oxygens (including phenoxy) is 2. The number of aliphatic hydroxyl groups is 1. The van der Waals surface area contributed by atoms with Crippen molar-refractivity contribution in [3.05, 3.63) is 35.9 Å². The highest BCUT2D eigenvalue weighted by molar-refractivity contribution is 6.74. The Kier molecular flexibility index (Phi) is 7.07. The third-order valence-electron chi connectivity index (χ3n) is 7.38. The Balaban J connectivity index is 1.80. The van der Waals surface area contributed by atoms with E-state index in [1.807, 2.05) is 30.3 Å². The van der Waals surface area contributed by atoms with Gasteiger partial charge in [0, 0.05) is 12.5 Å². The summed E-state index contributed by atoms with van der Waals surface area (Å²) < 4.78 is 17.1. The molecule has 1 aromatic carbocycles. The maximum atomic E-state index is 13.2. The molecule has 1 aliphatic heterocycles. The fourth-order valence-electron chi connectivity index (χ4n) is 4.51. The average Bonchev–Trinajstić information content (AvgIpc) is 3.04. The van der Waals surface area contributed by atoms with Crippen LogP contribution < -0.4 is 0 Å². The van der Waals surface area contributed by atoms with Crippen molar-refractivity contribution in [2.45, 2.75) is 95.0 Å². The van der Waals surface area contributed by atoms with Gasteiger partial charge >= 0.3 is 12.1 Å². The van der Waals surface area contributed by atoms with E-state index in [0.29, 0.717) is 19.3 Å². The molecular formula is C24H37NO6Si. The number of hydrogen-bond donors (Lipinski definition) is 1. The Labute approximate surface area is 192 Å². The molecule has 8 heteroatoms. The molecule has 7 nitrogen and oxygen atoms in total. The zero-order valence-corrected chi connectivity index (χ0v) is 21.1. The molecule has 2 aliphatic rings. The fraction of sp³-hybridized carbons (Fsp3) is 0.667. The summed E-state index contributed by atoms with van der Waals surface area (Å²) in [4.78, 5) is 27.1. The van der Waals surface area contributed by atoms with Gasteiger partial charge < -0.3 is 19.0 Å². The van der Waals surface area contributed by atoms with Gasteiger partial charge in [0.1, 0.15) is 12.6 Å². The van der Waals surface area contributed by atoms with Crippen LogP contribution in [0.2, 0.25) is 18.1 Å². The fourth-order valence-corrected chi connectivity index (χ4v) is 5.91. The summed E-state index contributed by atoms with van der Waals surface area (Å²) in [7, 11) is -0.726. The van der Waals surface area contributed by atoms with Crippen molar-refractivity contribution in [3.8, 4) is 0 Å². The van der Waals surface area contributed by atoms with E-state index in [-0.39, 0.29) is 24.2 Å². The second kappa shape index (κ2) is 9.15. The molecule has 0 aromatic heterocycles. The number of carbonyl (C=O) groups excluding carboxylic acids is 2. The molecule has 1 N–H and O–H groups in total. The number of benzene rings is 1. The first-order valence-electron chi connectivity index (χ1n) is 11.3. The van der Waals surface area contributed by atoms with E-state index in [4.69, 9.17) is 13.9 Å². The number of hydrogen-bond acceptors (Lipinski definition) is 6. The summed E-state index contributed by atoms with van der Waals surface area (Å²) in [5.41, 5.74) is -0.300. The lowest BCUT2D eigenvalue weighted by atomic mass is 9.79. The first-order valence-corrected chi connectivity index (χ1v) is 14.3. The predicted molar refractivity (Wildman–Crippen MR) is 124 cm³/mol. The highest BCUT2D eigenvalue weighted by atomic mass is 28.4. The normalized spacial score (nSPS) is 28.2. The molecule has 0 bridgehead atoms. The second-order valence-corrected chi connectivity index (χ2v) is 15.3. The van der Waals surface area contributed by atoms with Crippen LogP contribution in [0.3, 0.4) is 0 Å². The smallest absolute Gasteiger partial charge is 0.411 e. The lowest BCUT2D eigenvalue weighted by Crippen LogP contribution is -2.55. The molecule has 4 atom stereocenters. The minimum absolute atomic E-state index is 0.0548. The third-order valence-corrected chi connectivity index (χ3v) is 11.9. The molecule has 2 fully saturated rings. The predicted octanol–water partition coefficient (Wildman–Crippen LogP) is 4.24. The van der Waals surface area contributed by atoms with Gasteiger partial charge in [-0.1, -0.05) is 51.1 Å². The maximum absolute atomic E-state index is 13.2. The Morgan fingerprint density at radius 2 is 1.88 bits per heavy atom. The lowest BCUT2D eigenvalue weighted by Gasteiger charge is -2.45. The zero-order chi connectivity index (χ0) is 23.7. The molecule has 0 spiro atoms. The van der Waals surface area contributed by atoms with Crippen LogP contribution in [0.5, 0.6) is 0 Å². The SMILES string of the molecule is COC(=O)[C@@H]1C[C@@]2(O)CC[C@@H](O[Si](C)(C)C(C)(C)C)C[C@H]2N1C(=O)OCc1ccccc1. The summed E-state index contributed by atoms with van der Waals surface area (Å²) in [6, 6.07) is 7.95. The Morgan fingerprint density at radius 1 is 1.22 bits per heavy atom. The van der Waals surface area contributed by atoms with Crippen molar-refractivity contribution in [1.29, 1.82) is 0 Å². The molecule has 1 saturated heterocycles. The Hall–Kier alpha value is -1.90. The van der Waals surface area contributed by atoms with Gasteiger partial charge in [0.05, 0.1) is 18.8 Å². The first-order chi connectivity index (χ1) is 14.9.